The molecule has 2 aromatic heterocycles. The van der Waals surface area contributed by atoms with Crippen LogP contribution in [0, 0.1) is 0 Å². The standard InChI is InChI=1S/C30H33N3O4/c1-2-36-27-16-8-6-14-25(27)29(30(35)32-22-10-3-4-11-22)33(20-23-12-9-17-37-23)28(34)18-21-19-31-26-15-7-5-13-24(21)26/h5-9,12-17,19,22,29,31H,2-4,10-11,18,20H2,1H3,(H,32,35). The summed E-state index contributed by atoms with van der Waals surface area (Å²) >= 11 is 0. The van der Waals surface area contributed by atoms with Crippen LogP contribution in [-0.2, 0) is 22.6 Å². The number of amides is 2. The fourth-order valence-corrected chi connectivity index (χ4v) is 5.23. The van der Waals surface area contributed by atoms with Crippen LogP contribution in [0.5, 0.6) is 5.75 Å². The number of hydrogen-bond donors (Lipinski definition) is 2. The van der Waals surface area contributed by atoms with E-state index in [2.05, 4.69) is 10.3 Å². The van der Waals surface area contributed by atoms with Crippen LogP contribution >= 0.6 is 0 Å². The summed E-state index contributed by atoms with van der Waals surface area (Å²) in [5.74, 6) is 0.845. The van der Waals surface area contributed by atoms with E-state index in [9.17, 15) is 9.59 Å². The zero-order valence-corrected chi connectivity index (χ0v) is 21.1. The Morgan fingerprint density at radius 3 is 2.65 bits per heavy atom. The molecule has 2 N–H and O–H groups in total. The largest absolute Gasteiger partial charge is 0.494 e. The van der Waals surface area contributed by atoms with Gasteiger partial charge in [-0.2, -0.15) is 0 Å². The minimum Gasteiger partial charge on any atom is -0.494 e. The second kappa shape index (κ2) is 11.4. The lowest BCUT2D eigenvalue weighted by molar-refractivity contribution is -0.141. The summed E-state index contributed by atoms with van der Waals surface area (Å²) in [7, 11) is 0. The molecule has 0 bridgehead atoms. The van der Waals surface area contributed by atoms with E-state index in [-0.39, 0.29) is 30.8 Å². The van der Waals surface area contributed by atoms with Gasteiger partial charge in [0.15, 0.2) is 0 Å². The van der Waals surface area contributed by atoms with Crippen LogP contribution in [0.25, 0.3) is 10.9 Å². The number of fused-ring (bicyclic) bond motifs is 1. The van der Waals surface area contributed by atoms with Crippen molar-refractivity contribution in [1.29, 1.82) is 0 Å². The number of aromatic amines is 1. The van der Waals surface area contributed by atoms with Gasteiger partial charge in [-0.05, 0) is 49.6 Å². The van der Waals surface area contributed by atoms with E-state index in [4.69, 9.17) is 9.15 Å². The lowest BCUT2D eigenvalue weighted by Crippen LogP contribution is -2.46. The molecule has 0 spiro atoms. The van der Waals surface area contributed by atoms with Crippen molar-refractivity contribution >= 4 is 22.7 Å². The molecule has 0 radical (unpaired) electrons. The number of hydrogen-bond acceptors (Lipinski definition) is 4. The smallest absolute Gasteiger partial charge is 0.247 e. The van der Waals surface area contributed by atoms with E-state index in [0.717, 1.165) is 42.1 Å². The van der Waals surface area contributed by atoms with Gasteiger partial charge in [0.2, 0.25) is 11.8 Å². The molecular weight excluding hydrogens is 466 g/mol. The molecule has 7 nitrogen and oxygen atoms in total. The van der Waals surface area contributed by atoms with Crippen molar-refractivity contribution in [2.24, 2.45) is 0 Å². The van der Waals surface area contributed by atoms with Crippen LogP contribution < -0.4 is 10.1 Å². The second-order valence-corrected chi connectivity index (χ2v) is 9.50. The number of nitrogens with zero attached hydrogens (tertiary/aromatic N) is 1. The first kappa shape index (κ1) is 24.7. The summed E-state index contributed by atoms with van der Waals surface area (Å²) < 4.78 is 11.6. The van der Waals surface area contributed by atoms with Crippen molar-refractivity contribution in [2.75, 3.05) is 6.61 Å². The summed E-state index contributed by atoms with van der Waals surface area (Å²) in [6.07, 6.45) is 7.70. The third kappa shape index (κ3) is 5.56. The van der Waals surface area contributed by atoms with Gasteiger partial charge < -0.3 is 24.4 Å². The van der Waals surface area contributed by atoms with E-state index < -0.39 is 6.04 Å². The van der Waals surface area contributed by atoms with E-state index in [1.54, 1.807) is 17.2 Å². The molecule has 5 rings (SSSR count). The lowest BCUT2D eigenvalue weighted by Gasteiger charge is -2.32. The lowest BCUT2D eigenvalue weighted by atomic mass is 10.0. The van der Waals surface area contributed by atoms with Gasteiger partial charge in [0, 0.05) is 28.7 Å². The number of aromatic nitrogens is 1. The quantitative estimate of drug-likeness (QED) is 0.300. The van der Waals surface area contributed by atoms with Gasteiger partial charge in [-0.1, -0.05) is 49.2 Å². The van der Waals surface area contributed by atoms with E-state index in [0.29, 0.717) is 23.7 Å². The number of H-pyrrole nitrogens is 1. The number of furan rings is 1. The molecule has 1 atom stereocenters. The van der Waals surface area contributed by atoms with Gasteiger partial charge in [0.1, 0.15) is 17.6 Å². The molecule has 1 unspecified atom stereocenters. The molecule has 7 heteroatoms. The average molecular weight is 500 g/mol. The highest BCUT2D eigenvalue weighted by Crippen LogP contribution is 2.33. The van der Waals surface area contributed by atoms with E-state index in [1.165, 1.54) is 0 Å². The van der Waals surface area contributed by atoms with Crippen LogP contribution in [-0.4, -0.2) is 34.3 Å². The van der Waals surface area contributed by atoms with Crippen molar-refractivity contribution < 1.29 is 18.7 Å². The fourth-order valence-electron chi connectivity index (χ4n) is 5.23. The highest BCUT2D eigenvalue weighted by molar-refractivity contribution is 5.93. The van der Waals surface area contributed by atoms with Gasteiger partial charge in [0.05, 0.1) is 25.8 Å². The molecule has 4 aromatic rings. The van der Waals surface area contributed by atoms with Gasteiger partial charge >= 0.3 is 0 Å². The molecule has 0 saturated heterocycles. The number of carbonyl (C=O) groups excluding carboxylic acids is 2. The molecule has 1 aliphatic carbocycles. The topological polar surface area (TPSA) is 87.6 Å². The SMILES string of the molecule is CCOc1ccccc1C(C(=O)NC1CCCC1)N(Cc1ccco1)C(=O)Cc1c[nH]c2ccccc12. The number of nitrogens with one attached hydrogen (secondary N) is 2. The highest BCUT2D eigenvalue weighted by atomic mass is 16.5. The first-order valence-corrected chi connectivity index (χ1v) is 13.0. The predicted octanol–water partition coefficient (Wildman–Crippen LogP) is 5.53. The summed E-state index contributed by atoms with van der Waals surface area (Å²) in [4.78, 5) is 32.9. The molecule has 1 saturated carbocycles. The van der Waals surface area contributed by atoms with Crippen molar-refractivity contribution in [3.8, 4) is 5.75 Å². The summed E-state index contributed by atoms with van der Waals surface area (Å²) in [5.41, 5.74) is 2.52. The Balaban J connectivity index is 1.54. The van der Waals surface area contributed by atoms with Crippen LogP contribution in [0.3, 0.4) is 0 Å². The monoisotopic (exact) mass is 499 g/mol. The van der Waals surface area contributed by atoms with Crippen molar-refractivity contribution in [3.05, 3.63) is 90.0 Å². The Morgan fingerprint density at radius 2 is 1.86 bits per heavy atom. The molecular formula is C30H33N3O4. The normalized spacial score (nSPS) is 14.5. The van der Waals surface area contributed by atoms with Crippen LogP contribution in [0.2, 0.25) is 0 Å². The van der Waals surface area contributed by atoms with Gasteiger partial charge in [-0.25, -0.2) is 0 Å². The zero-order valence-electron chi connectivity index (χ0n) is 21.1. The molecule has 37 heavy (non-hydrogen) atoms. The Hall–Kier alpha value is -4.00. The highest BCUT2D eigenvalue weighted by Gasteiger charge is 2.35. The molecule has 2 heterocycles. The van der Waals surface area contributed by atoms with E-state index >= 15 is 0 Å². The summed E-state index contributed by atoms with van der Waals surface area (Å²) in [5, 5.41) is 4.22. The van der Waals surface area contributed by atoms with Crippen LogP contribution in [0.15, 0.2) is 77.5 Å². The number of rotatable bonds is 10. The van der Waals surface area contributed by atoms with E-state index in [1.807, 2.05) is 67.7 Å². The van der Waals surface area contributed by atoms with Gasteiger partial charge in [0.25, 0.3) is 0 Å². The average Bonchev–Trinajstić information content (AvgIpc) is 3.68. The zero-order chi connectivity index (χ0) is 25.6. The second-order valence-electron chi connectivity index (χ2n) is 9.50. The minimum atomic E-state index is -0.869. The van der Waals surface area contributed by atoms with Crippen molar-refractivity contribution in [3.63, 3.8) is 0 Å². The van der Waals surface area contributed by atoms with Gasteiger partial charge in [-0.15, -0.1) is 0 Å². The Kier molecular flexibility index (Phi) is 7.59. The van der Waals surface area contributed by atoms with Crippen molar-refractivity contribution in [2.45, 2.75) is 57.7 Å². The number of para-hydroxylation sites is 2. The Morgan fingerprint density at radius 1 is 1.08 bits per heavy atom. The van der Waals surface area contributed by atoms with Gasteiger partial charge in [-0.3, -0.25) is 9.59 Å². The molecule has 192 valence electrons. The Bertz CT molecular complexity index is 1340. The first-order valence-electron chi connectivity index (χ1n) is 13.0. The maximum atomic E-state index is 14.1. The molecule has 2 aromatic carbocycles. The number of benzene rings is 2. The fraction of sp³-hybridized carbons (Fsp3) is 0.333. The summed E-state index contributed by atoms with van der Waals surface area (Å²) in [6, 6.07) is 18.2. The molecule has 2 amide bonds. The number of carbonyl (C=O) groups is 2. The van der Waals surface area contributed by atoms with Crippen LogP contribution in [0.4, 0.5) is 0 Å². The number of ether oxygens (including phenoxy) is 1. The molecule has 1 fully saturated rings. The third-order valence-corrected chi connectivity index (χ3v) is 7.02. The van der Waals surface area contributed by atoms with Crippen molar-refractivity contribution in [1.82, 2.24) is 15.2 Å². The predicted molar refractivity (Wildman–Crippen MR) is 142 cm³/mol. The maximum absolute atomic E-state index is 14.1. The van der Waals surface area contributed by atoms with Crippen LogP contribution in [0.1, 0.15) is 55.5 Å². The Labute approximate surface area is 216 Å². The maximum Gasteiger partial charge on any atom is 0.247 e. The molecule has 0 aliphatic heterocycles. The summed E-state index contributed by atoms with van der Waals surface area (Å²) in [6.45, 7) is 2.53. The minimum absolute atomic E-state index is 0.114. The first-order chi connectivity index (χ1) is 18.1. The molecule has 1 aliphatic rings. The third-order valence-electron chi connectivity index (χ3n) is 7.02.